The second kappa shape index (κ2) is 6.57. The summed E-state index contributed by atoms with van der Waals surface area (Å²) in [5, 5.41) is 9.22. The van der Waals surface area contributed by atoms with Crippen molar-refractivity contribution in [2.75, 3.05) is 36.0 Å². The van der Waals surface area contributed by atoms with Gasteiger partial charge in [-0.1, -0.05) is 6.07 Å². The average molecular weight is 319 g/mol. The molecule has 1 aromatic rings. The molecule has 3 rings (SSSR count). The molecule has 2 aliphatic rings. The zero-order chi connectivity index (χ0) is 15.5. The van der Waals surface area contributed by atoms with Crippen molar-refractivity contribution in [2.24, 2.45) is 0 Å². The van der Waals surface area contributed by atoms with E-state index in [2.05, 4.69) is 0 Å². The summed E-state index contributed by atoms with van der Waals surface area (Å²) in [6.45, 7) is 2.25. The Morgan fingerprint density at radius 3 is 2.82 bits per heavy atom. The topological polar surface area (TPSA) is 47.3 Å². The van der Waals surface area contributed by atoms with Crippen LogP contribution in [0.15, 0.2) is 18.2 Å². The second-order valence-corrected chi connectivity index (χ2v) is 6.76. The van der Waals surface area contributed by atoms with Crippen molar-refractivity contribution in [1.82, 2.24) is 4.90 Å². The molecule has 0 saturated carbocycles. The Morgan fingerprint density at radius 1 is 1.32 bits per heavy atom. The summed E-state index contributed by atoms with van der Waals surface area (Å²) in [6.07, 6.45) is 1.66. The van der Waals surface area contributed by atoms with E-state index in [1.165, 1.54) is 6.07 Å². The fraction of sp³-hybridized carbons (Fsp3) is 0.500. The van der Waals surface area contributed by atoms with Gasteiger partial charge in [0.05, 0.1) is 5.69 Å². The maximum absolute atomic E-state index is 13.8. The van der Waals surface area contributed by atoms with Crippen molar-refractivity contribution in [3.05, 3.63) is 29.6 Å². The van der Waals surface area contributed by atoms with E-state index >= 15 is 0 Å². The first kappa shape index (κ1) is 15.2. The first-order valence-electron chi connectivity index (χ1n) is 7.54. The Labute approximate surface area is 133 Å². The Hall–Kier alpha value is -1.74. The summed E-state index contributed by atoms with van der Waals surface area (Å²) in [5.74, 6) is 1.54. The minimum absolute atomic E-state index is 0.0383. The molecule has 0 radical (unpaired) electrons. The molecule has 1 unspecified atom stereocenters. The third kappa shape index (κ3) is 2.78. The van der Waals surface area contributed by atoms with Gasteiger partial charge in [-0.15, -0.1) is 0 Å². The Bertz CT molecular complexity index is 610. The van der Waals surface area contributed by atoms with Crippen molar-refractivity contribution < 1.29 is 9.18 Å². The van der Waals surface area contributed by atoms with E-state index in [9.17, 15) is 14.4 Å². The predicted molar refractivity (Wildman–Crippen MR) is 85.4 cm³/mol. The number of amides is 1. The minimum atomic E-state index is -0.521. The lowest BCUT2D eigenvalue weighted by Gasteiger charge is -2.33. The van der Waals surface area contributed by atoms with Gasteiger partial charge in [0.2, 0.25) is 5.91 Å². The lowest BCUT2D eigenvalue weighted by molar-refractivity contribution is -0.132. The standard InChI is InChI=1S/C16H18FN3OS/c17-13-3-1-4-14(12(13)11-18)20-6-2-5-15(20)16(21)19-7-9-22-10-8-19/h1,3-4,15H,2,5-10H2. The molecule has 1 atom stereocenters. The number of carbonyl (C=O) groups excluding carboxylic acids is 1. The Balaban J connectivity index is 1.86. The maximum atomic E-state index is 13.8. The van der Waals surface area contributed by atoms with Crippen LogP contribution < -0.4 is 4.90 Å². The molecule has 1 amide bonds. The second-order valence-electron chi connectivity index (χ2n) is 5.53. The summed E-state index contributed by atoms with van der Waals surface area (Å²) in [5.41, 5.74) is 0.584. The van der Waals surface area contributed by atoms with Gasteiger partial charge in [0.1, 0.15) is 23.5 Å². The zero-order valence-electron chi connectivity index (χ0n) is 12.3. The van der Waals surface area contributed by atoms with E-state index < -0.39 is 5.82 Å². The third-order valence-electron chi connectivity index (χ3n) is 4.27. The van der Waals surface area contributed by atoms with E-state index in [1.807, 2.05) is 27.6 Å². The molecule has 22 heavy (non-hydrogen) atoms. The minimum Gasteiger partial charge on any atom is -0.358 e. The number of rotatable bonds is 2. The largest absolute Gasteiger partial charge is 0.358 e. The quantitative estimate of drug-likeness (QED) is 0.839. The first-order valence-corrected chi connectivity index (χ1v) is 8.69. The smallest absolute Gasteiger partial charge is 0.245 e. The van der Waals surface area contributed by atoms with Gasteiger partial charge < -0.3 is 9.80 Å². The molecular weight excluding hydrogens is 301 g/mol. The summed E-state index contributed by atoms with van der Waals surface area (Å²) in [4.78, 5) is 16.6. The van der Waals surface area contributed by atoms with E-state index in [1.54, 1.807) is 12.1 Å². The highest BCUT2D eigenvalue weighted by Gasteiger charge is 2.35. The molecule has 2 fully saturated rings. The molecule has 2 heterocycles. The SMILES string of the molecule is N#Cc1c(F)cccc1N1CCCC1C(=O)N1CCSCC1. The highest BCUT2D eigenvalue weighted by Crippen LogP contribution is 2.31. The fourth-order valence-corrected chi connectivity index (χ4v) is 4.07. The van der Waals surface area contributed by atoms with Gasteiger partial charge in [0, 0.05) is 31.1 Å². The van der Waals surface area contributed by atoms with E-state index in [0.717, 1.165) is 37.4 Å². The molecule has 0 bridgehead atoms. The summed E-state index contributed by atoms with van der Waals surface area (Å²) < 4.78 is 13.8. The molecule has 2 aliphatic heterocycles. The van der Waals surface area contributed by atoms with Crippen LogP contribution >= 0.6 is 11.8 Å². The van der Waals surface area contributed by atoms with Gasteiger partial charge in [0.15, 0.2) is 0 Å². The van der Waals surface area contributed by atoms with Crippen LogP contribution in [-0.2, 0) is 4.79 Å². The van der Waals surface area contributed by atoms with Gasteiger partial charge in [-0.2, -0.15) is 17.0 Å². The van der Waals surface area contributed by atoms with Crippen LogP contribution in [0, 0.1) is 17.1 Å². The highest BCUT2D eigenvalue weighted by atomic mass is 32.2. The normalized spacial score (nSPS) is 21.7. The zero-order valence-corrected chi connectivity index (χ0v) is 13.1. The van der Waals surface area contributed by atoms with Crippen molar-refractivity contribution in [2.45, 2.75) is 18.9 Å². The number of nitriles is 1. The molecule has 0 N–H and O–H groups in total. The van der Waals surface area contributed by atoms with Gasteiger partial charge >= 0.3 is 0 Å². The number of carbonyl (C=O) groups is 1. The van der Waals surface area contributed by atoms with Crippen LogP contribution in [-0.4, -0.2) is 48.0 Å². The fourth-order valence-electron chi connectivity index (χ4n) is 3.17. The molecule has 0 spiro atoms. The molecule has 0 aliphatic carbocycles. The van der Waals surface area contributed by atoms with Crippen LogP contribution in [0.1, 0.15) is 18.4 Å². The summed E-state index contributed by atoms with van der Waals surface area (Å²) >= 11 is 1.86. The summed E-state index contributed by atoms with van der Waals surface area (Å²) in [6, 6.07) is 6.29. The van der Waals surface area contributed by atoms with Crippen LogP contribution in [0.5, 0.6) is 0 Å². The van der Waals surface area contributed by atoms with Gasteiger partial charge in [0.25, 0.3) is 0 Å². The summed E-state index contributed by atoms with van der Waals surface area (Å²) in [7, 11) is 0. The number of hydrogen-bond acceptors (Lipinski definition) is 4. The predicted octanol–water partition coefficient (Wildman–Crippen LogP) is 2.24. The van der Waals surface area contributed by atoms with E-state index in [-0.39, 0.29) is 17.5 Å². The first-order chi connectivity index (χ1) is 10.7. The van der Waals surface area contributed by atoms with Crippen molar-refractivity contribution in [1.29, 1.82) is 5.26 Å². The number of anilines is 1. The van der Waals surface area contributed by atoms with Crippen molar-refractivity contribution in [3.8, 4) is 6.07 Å². The van der Waals surface area contributed by atoms with Gasteiger partial charge in [-0.3, -0.25) is 4.79 Å². The Kier molecular flexibility index (Phi) is 4.53. The number of nitrogens with zero attached hydrogens (tertiary/aromatic N) is 3. The average Bonchev–Trinajstić information content (AvgIpc) is 3.04. The number of thioether (sulfide) groups is 1. The van der Waals surface area contributed by atoms with E-state index in [4.69, 9.17) is 0 Å². The molecule has 2 saturated heterocycles. The highest BCUT2D eigenvalue weighted by molar-refractivity contribution is 7.99. The number of benzene rings is 1. The van der Waals surface area contributed by atoms with Crippen molar-refractivity contribution in [3.63, 3.8) is 0 Å². The molecule has 1 aromatic carbocycles. The maximum Gasteiger partial charge on any atom is 0.245 e. The van der Waals surface area contributed by atoms with Crippen LogP contribution in [0.2, 0.25) is 0 Å². The van der Waals surface area contributed by atoms with Gasteiger partial charge in [-0.05, 0) is 25.0 Å². The van der Waals surface area contributed by atoms with Crippen molar-refractivity contribution >= 4 is 23.4 Å². The van der Waals surface area contributed by atoms with Gasteiger partial charge in [-0.25, -0.2) is 4.39 Å². The monoisotopic (exact) mass is 319 g/mol. The molecule has 116 valence electrons. The van der Waals surface area contributed by atoms with Crippen LogP contribution in [0.25, 0.3) is 0 Å². The Morgan fingerprint density at radius 2 is 2.09 bits per heavy atom. The molecular formula is C16H18FN3OS. The number of hydrogen-bond donors (Lipinski definition) is 0. The molecule has 0 aromatic heterocycles. The third-order valence-corrected chi connectivity index (χ3v) is 5.22. The number of halogens is 1. The van der Waals surface area contributed by atoms with Crippen LogP contribution in [0.4, 0.5) is 10.1 Å². The lowest BCUT2D eigenvalue weighted by atomic mass is 10.1. The lowest BCUT2D eigenvalue weighted by Crippen LogP contribution is -2.48. The van der Waals surface area contributed by atoms with Crippen LogP contribution in [0.3, 0.4) is 0 Å². The molecule has 4 nitrogen and oxygen atoms in total. The molecule has 6 heteroatoms. The van der Waals surface area contributed by atoms with E-state index in [0.29, 0.717) is 12.2 Å².